The predicted molar refractivity (Wildman–Crippen MR) is 105 cm³/mol. The summed E-state index contributed by atoms with van der Waals surface area (Å²) in [6.45, 7) is 3.54. The van der Waals surface area contributed by atoms with E-state index in [-0.39, 0.29) is 23.5 Å². The number of ether oxygens (including phenoxy) is 1. The van der Waals surface area contributed by atoms with E-state index >= 15 is 0 Å². The maximum absolute atomic E-state index is 13.9. The van der Waals surface area contributed by atoms with E-state index in [1.165, 1.54) is 15.6 Å². The van der Waals surface area contributed by atoms with Crippen LogP contribution in [0.25, 0.3) is 5.69 Å². The molecule has 2 aromatic heterocycles. The van der Waals surface area contributed by atoms with Crippen molar-refractivity contribution in [2.45, 2.75) is 6.04 Å². The number of hydrogen-bond donors (Lipinski definition) is 1. The molecule has 1 aliphatic rings. The van der Waals surface area contributed by atoms with Crippen molar-refractivity contribution in [2.24, 2.45) is 0 Å². The highest BCUT2D eigenvalue weighted by atomic mass is 32.1. The van der Waals surface area contributed by atoms with Gasteiger partial charge in [-0.15, -0.1) is 11.3 Å². The first-order valence-corrected chi connectivity index (χ1v) is 10.0. The lowest BCUT2D eigenvalue weighted by molar-refractivity contribution is 0.0169. The van der Waals surface area contributed by atoms with Crippen molar-refractivity contribution >= 4 is 17.2 Å². The van der Waals surface area contributed by atoms with Gasteiger partial charge in [0.2, 0.25) is 0 Å². The Kier molecular flexibility index (Phi) is 5.80. The molecule has 0 saturated carbocycles. The third-order valence-electron chi connectivity index (χ3n) is 4.74. The Labute approximate surface area is 166 Å². The van der Waals surface area contributed by atoms with Crippen molar-refractivity contribution in [1.82, 2.24) is 20.0 Å². The van der Waals surface area contributed by atoms with Crippen molar-refractivity contribution in [3.8, 4) is 5.69 Å². The number of carbonyl (C=O) groups excluding carboxylic acids is 1. The highest BCUT2D eigenvalue weighted by Crippen LogP contribution is 2.25. The fraction of sp³-hybridized carbons (Fsp3) is 0.300. The summed E-state index contributed by atoms with van der Waals surface area (Å²) in [7, 11) is 0. The van der Waals surface area contributed by atoms with E-state index in [4.69, 9.17) is 4.74 Å². The topological polar surface area (TPSA) is 59.4 Å². The number of carbonyl (C=O) groups is 1. The zero-order valence-corrected chi connectivity index (χ0v) is 16.1. The summed E-state index contributed by atoms with van der Waals surface area (Å²) in [6.07, 6.45) is 1.59. The van der Waals surface area contributed by atoms with E-state index in [0.29, 0.717) is 25.4 Å². The van der Waals surface area contributed by atoms with Gasteiger partial charge in [0, 0.05) is 30.7 Å². The summed E-state index contributed by atoms with van der Waals surface area (Å²) in [5.74, 6) is -0.660. The molecule has 3 heterocycles. The van der Waals surface area contributed by atoms with Crippen LogP contribution in [0.2, 0.25) is 0 Å². The summed E-state index contributed by atoms with van der Waals surface area (Å²) < 4.78 is 20.8. The van der Waals surface area contributed by atoms with Gasteiger partial charge >= 0.3 is 0 Å². The first kappa shape index (κ1) is 18.8. The van der Waals surface area contributed by atoms with Crippen molar-refractivity contribution < 1.29 is 13.9 Å². The molecule has 146 valence electrons. The van der Waals surface area contributed by atoms with Gasteiger partial charge in [-0.2, -0.15) is 5.10 Å². The number of halogens is 1. The van der Waals surface area contributed by atoms with Crippen LogP contribution >= 0.6 is 11.3 Å². The molecule has 1 saturated heterocycles. The summed E-state index contributed by atoms with van der Waals surface area (Å²) >= 11 is 1.68. The van der Waals surface area contributed by atoms with E-state index in [0.717, 1.165) is 13.1 Å². The number of morpholine rings is 1. The zero-order valence-electron chi connectivity index (χ0n) is 15.3. The van der Waals surface area contributed by atoms with Crippen LogP contribution in [0, 0.1) is 5.82 Å². The van der Waals surface area contributed by atoms with E-state index in [1.54, 1.807) is 41.8 Å². The monoisotopic (exact) mass is 400 g/mol. The minimum Gasteiger partial charge on any atom is -0.379 e. The normalized spacial score (nSPS) is 16.0. The van der Waals surface area contributed by atoms with Gasteiger partial charge in [-0.3, -0.25) is 9.69 Å². The highest BCUT2D eigenvalue weighted by molar-refractivity contribution is 7.10. The van der Waals surface area contributed by atoms with Gasteiger partial charge in [0.05, 0.1) is 19.3 Å². The number of thiophene rings is 1. The number of amides is 1. The molecule has 1 fully saturated rings. The molecule has 6 nitrogen and oxygen atoms in total. The van der Waals surface area contributed by atoms with Gasteiger partial charge in [0.1, 0.15) is 11.5 Å². The fourth-order valence-corrected chi connectivity index (χ4v) is 4.14. The molecule has 0 aliphatic carbocycles. The minimum atomic E-state index is -0.386. The van der Waals surface area contributed by atoms with E-state index in [9.17, 15) is 9.18 Å². The first-order chi connectivity index (χ1) is 13.7. The first-order valence-electron chi connectivity index (χ1n) is 9.16. The van der Waals surface area contributed by atoms with Crippen LogP contribution in [0.1, 0.15) is 21.4 Å². The Bertz CT molecular complexity index is 922. The Morgan fingerprint density at radius 2 is 2.04 bits per heavy atom. The lowest BCUT2D eigenvalue weighted by Crippen LogP contribution is -2.43. The van der Waals surface area contributed by atoms with Gasteiger partial charge in [-0.1, -0.05) is 18.2 Å². The molecule has 3 aromatic rings. The molecule has 1 unspecified atom stereocenters. The smallest absolute Gasteiger partial charge is 0.271 e. The lowest BCUT2D eigenvalue weighted by Gasteiger charge is -2.34. The van der Waals surface area contributed by atoms with Gasteiger partial charge in [0.25, 0.3) is 5.91 Å². The minimum absolute atomic E-state index is 0.0986. The number of hydrogen-bond acceptors (Lipinski definition) is 5. The van der Waals surface area contributed by atoms with Crippen LogP contribution in [-0.2, 0) is 4.74 Å². The summed E-state index contributed by atoms with van der Waals surface area (Å²) in [4.78, 5) is 16.1. The van der Waals surface area contributed by atoms with Crippen LogP contribution in [0.3, 0.4) is 0 Å². The Morgan fingerprint density at radius 3 is 2.79 bits per heavy atom. The SMILES string of the molecule is O=C(NCC(c1cccs1)N1CCOCC1)c1ccn(-c2ccccc2F)n1. The van der Waals surface area contributed by atoms with Crippen LogP contribution < -0.4 is 5.32 Å². The molecule has 0 radical (unpaired) electrons. The van der Waals surface area contributed by atoms with Crippen LogP contribution in [0.15, 0.2) is 54.0 Å². The molecule has 4 rings (SSSR count). The van der Waals surface area contributed by atoms with Crippen molar-refractivity contribution in [1.29, 1.82) is 0 Å². The molecule has 0 bridgehead atoms. The van der Waals surface area contributed by atoms with E-state index in [1.807, 2.05) is 11.4 Å². The average Bonchev–Trinajstić information content (AvgIpc) is 3.42. The molecule has 1 N–H and O–H groups in total. The Hall–Kier alpha value is -2.55. The molecule has 0 spiro atoms. The molecule has 1 aliphatic heterocycles. The molecule has 1 amide bonds. The largest absolute Gasteiger partial charge is 0.379 e. The second-order valence-electron chi connectivity index (χ2n) is 6.49. The van der Waals surface area contributed by atoms with Crippen molar-refractivity contribution in [3.05, 3.63) is 70.4 Å². The van der Waals surface area contributed by atoms with Gasteiger partial charge < -0.3 is 10.1 Å². The number of aromatic nitrogens is 2. The highest BCUT2D eigenvalue weighted by Gasteiger charge is 2.24. The van der Waals surface area contributed by atoms with Gasteiger partial charge in [0.15, 0.2) is 5.69 Å². The van der Waals surface area contributed by atoms with Crippen LogP contribution in [0.5, 0.6) is 0 Å². The molecular formula is C20H21FN4O2S. The average molecular weight is 400 g/mol. The van der Waals surface area contributed by atoms with E-state index < -0.39 is 0 Å². The van der Waals surface area contributed by atoms with E-state index in [2.05, 4.69) is 21.4 Å². The number of rotatable bonds is 6. The predicted octanol–water partition coefficient (Wildman–Crippen LogP) is 2.88. The van der Waals surface area contributed by atoms with Crippen LogP contribution in [0.4, 0.5) is 4.39 Å². The second-order valence-corrected chi connectivity index (χ2v) is 7.47. The Balaban J connectivity index is 1.45. The van der Waals surface area contributed by atoms with Crippen molar-refractivity contribution in [2.75, 3.05) is 32.8 Å². The molecule has 8 heteroatoms. The third kappa shape index (κ3) is 4.14. The number of nitrogens with one attached hydrogen (secondary N) is 1. The number of benzene rings is 1. The molecular weight excluding hydrogens is 379 g/mol. The third-order valence-corrected chi connectivity index (χ3v) is 5.71. The van der Waals surface area contributed by atoms with Crippen molar-refractivity contribution in [3.63, 3.8) is 0 Å². The van der Waals surface area contributed by atoms with Gasteiger partial charge in [-0.25, -0.2) is 9.07 Å². The maximum Gasteiger partial charge on any atom is 0.271 e. The number of nitrogens with zero attached hydrogens (tertiary/aromatic N) is 3. The lowest BCUT2D eigenvalue weighted by atomic mass is 10.2. The summed E-state index contributed by atoms with van der Waals surface area (Å²) in [5, 5.41) is 9.25. The van der Waals surface area contributed by atoms with Crippen LogP contribution in [-0.4, -0.2) is 53.4 Å². The zero-order chi connectivity index (χ0) is 19.3. The molecule has 1 aromatic carbocycles. The molecule has 28 heavy (non-hydrogen) atoms. The quantitative estimate of drug-likeness (QED) is 0.691. The molecule has 1 atom stereocenters. The fourth-order valence-electron chi connectivity index (χ4n) is 3.28. The summed E-state index contributed by atoms with van der Waals surface area (Å²) in [6, 6.07) is 12.1. The summed E-state index contributed by atoms with van der Waals surface area (Å²) in [5.41, 5.74) is 0.571. The standard InChI is InChI=1S/C20H21FN4O2S/c21-15-4-1-2-5-17(15)25-8-7-16(23-25)20(26)22-14-18(19-6-3-13-28-19)24-9-11-27-12-10-24/h1-8,13,18H,9-12,14H2,(H,22,26). The Morgan fingerprint density at radius 1 is 1.21 bits per heavy atom. The second kappa shape index (κ2) is 8.64. The maximum atomic E-state index is 13.9. The van der Waals surface area contributed by atoms with Gasteiger partial charge in [-0.05, 0) is 29.6 Å². The number of para-hydroxylation sites is 1.